The Labute approximate surface area is 161 Å². The largest absolute Gasteiger partial charge is 0.465 e. The van der Waals surface area contributed by atoms with Gasteiger partial charge >= 0.3 is 5.97 Å². The summed E-state index contributed by atoms with van der Waals surface area (Å²) in [6.07, 6.45) is -0.541. The zero-order chi connectivity index (χ0) is 20.8. The molecule has 145 valence electrons. The molecular formula is C21H27BFO4. The van der Waals surface area contributed by atoms with E-state index in [9.17, 15) is 14.0 Å². The molecule has 0 aliphatic carbocycles. The van der Waals surface area contributed by atoms with Gasteiger partial charge in [0.1, 0.15) is 5.75 Å². The molecule has 0 aliphatic heterocycles. The van der Waals surface area contributed by atoms with Gasteiger partial charge in [-0.05, 0) is 37.6 Å². The third-order valence-electron chi connectivity index (χ3n) is 3.24. The average molecular weight is 373 g/mol. The van der Waals surface area contributed by atoms with Crippen LogP contribution in [-0.2, 0) is 9.53 Å². The van der Waals surface area contributed by atoms with Gasteiger partial charge in [0.25, 0.3) is 0 Å². The molecule has 2 aromatic carbocycles. The van der Waals surface area contributed by atoms with E-state index in [4.69, 9.17) is 4.74 Å². The van der Waals surface area contributed by atoms with E-state index in [0.29, 0.717) is 17.5 Å². The van der Waals surface area contributed by atoms with Crippen LogP contribution in [0.15, 0.2) is 42.5 Å². The first-order valence-electron chi connectivity index (χ1n) is 8.72. The van der Waals surface area contributed by atoms with Crippen molar-refractivity contribution in [3.05, 3.63) is 59.2 Å². The van der Waals surface area contributed by atoms with Crippen molar-refractivity contribution in [2.75, 3.05) is 7.11 Å². The fourth-order valence-electron chi connectivity index (χ4n) is 2.01. The standard InChI is InChI=1S/C10H10BO3.C9H11FO.C2H6/c1-7-3-4-8(10(13)14-2)5-9(7)11-6-12;1-7-4-3-5-9(6-7)11-8(2)10;1-2/h3-6H,1-2H3;3-6,8H,1-2H3;1-2H3. The Morgan fingerprint density at radius 1 is 1.15 bits per heavy atom. The number of hydrogen-bond donors (Lipinski definition) is 0. The van der Waals surface area contributed by atoms with Crippen LogP contribution in [0.1, 0.15) is 42.3 Å². The quantitative estimate of drug-likeness (QED) is 0.451. The molecule has 0 saturated carbocycles. The van der Waals surface area contributed by atoms with Crippen LogP contribution in [0.4, 0.5) is 4.39 Å². The number of ether oxygens (including phenoxy) is 2. The van der Waals surface area contributed by atoms with Crippen LogP contribution in [0, 0.1) is 13.8 Å². The molecule has 1 unspecified atom stereocenters. The highest BCUT2D eigenvalue weighted by molar-refractivity contribution is 6.78. The summed E-state index contributed by atoms with van der Waals surface area (Å²) in [4.78, 5) is 21.5. The zero-order valence-corrected chi connectivity index (χ0v) is 16.8. The fraction of sp³-hybridized carbons (Fsp3) is 0.333. The summed E-state index contributed by atoms with van der Waals surface area (Å²) < 4.78 is 21.7. The Bertz CT molecular complexity index is 717. The van der Waals surface area contributed by atoms with E-state index in [-0.39, 0.29) is 0 Å². The van der Waals surface area contributed by atoms with Crippen molar-refractivity contribution < 1.29 is 23.5 Å². The maximum Gasteiger partial charge on any atom is 0.337 e. The molecule has 1 atom stereocenters. The Morgan fingerprint density at radius 2 is 1.81 bits per heavy atom. The normalized spacial score (nSPS) is 10.2. The van der Waals surface area contributed by atoms with Crippen molar-refractivity contribution in [1.29, 1.82) is 0 Å². The topological polar surface area (TPSA) is 52.6 Å². The number of rotatable bonds is 5. The predicted molar refractivity (Wildman–Crippen MR) is 108 cm³/mol. The number of hydrogen-bond acceptors (Lipinski definition) is 4. The summed E-state index contributed by atoms with van der Waals surface area (Å²) in [6, 6.07) is 12.4. The van der Waals surface area contributed by atoms with Crippen molar-refractivity contribution in [1.82, 2.24) is 0 Å². The third-order valence-corrected chi connectivity index (χ3v) is 3.24. The highest BCUT2D eigenvalue weighted by atomic mass is 19.1. The molecule has 2 rings (SSSR count). The molecule has 0 bridgehead atoms. The monoisotopic (exact) mass is 373 g/mol. The van der Waals surface area contributed by atoms with Crippen LogP contribution in [0.3, 0.4) is 0 Å². The Hall–Kier alpha value is -2.63. The number of methoxy groups -OCH3 is 1. The van der Waals surface area contributed by atoms with Gasteiger partial charge in [-0.2, -0.15) is 0 Å². The van der Waals surface area contributed by atoms with Crippen LogP contribution in [0.5, 0.6) is 5.75 Å². The first kappa shape index (κ1) is 24.4. The summed E-state index contributed by atoms with van der Waals surface area (Å²) in [5, 5.41) is 0. The van der Waals surface area contributed by atoms with Crippen molar-refractivity contribution in [3.63, 3.8) is 0 Å². The molecule has 6 heteroatoms. The lowest BCUT2D eigenvalue weighted by Gasteiger charge is -2.06. The predicted octanol–water partition coefficient (Wildman–Crippen LogP) is 4.02. The molecule has 0 saturated heterocycles. The van der Waals surface area contributed by atoms with Crippen molar-refractivity contribution in [2.24, 2.45) is 0 Å². The van der Waals surface area contributed by atoms with E-state index >= 15 is 0 Å². The van der Waals surface area contributed by atoms with E-state index in [1.54, 1.807) is 30.3 Å². The summed E-state index contributed by atoms with van der Waals surface area (Å²) >= 11 is 0. The van der Waals surface area contributed by atoms with Gasteiger partial charge < -0.3 is 14.3 Å². The second-order valence-corrected chi connectivity index (χ2v) is 5.34. The van der Waals surface area contributed by atoms with Crippen LogP contribution in [0.25, 0.3) is 0 Å². The van der Waals surface area contributed by atoms with Crippen molar-refractivity contribution in [3.8, 4) is 5.75 Å². The Morgan fingerprint density at radius 3 is 2.33 bits per heavy atom. The number of carbonyl (C=O) groups is 2. The molecule has 4 nitrogen and oxygen atoms in total. The smallest absolute Gasteiger partial charge is 0.337 e. The first-order valence-corrected chi connectivity index (χ1v) is 8.72. The van der Waals surface area contributed by atoms with Crippen LogP contribution in [-0.4, -0.2) is 32.9 Å². The number of benzene rings is 2. The molecule has 0 N–H and O–H groups in total. The van der Waals surface area contributed by atoms with Gasteiger partial charge in [0, 0.05) is 6.92 Å². The number of esters is 1. The molecule has 1 radical (unpaired) electrons. The molecule has 0 fully saturated rings. The summed E-state index contributed by atoms with van der Waals surface area (Å²) in [5.74, 6) is 0.186. The molecule has 0 aromatic heterocycles. The minimum Gasteiger partial charge on any atom is -0.465 e. The molecule has 27 heavy (non-hydrogen) atoms. The number of alkyl halides is 1. The SMILES string of the molecule is CC.COC(=O)c1ccc(C)c([B]C=O)c1.Cc1cccc(OC(C)F)c1. The fourth-order valence-corrected chi connectivity index (χ4v) is 2.01. The molecule has 0 aliphatic rings. The highest BCUT2D eigenvalue weighted by Gasteiger charge is 2.07. The van der Waals surface area contributed by atoms with Gasteiger partial charge in [0.2, 0.25) is 13.6 Å². The number of aryl methyl sites for hydroxylation is 2. The molecule has 2 aromatic rings. The Balaban J connectivity index is 0.000000469. The maximum atomic E-state index is 12.3. The lowest BCUT2D eigenvalue weighted by Crippen LogP contribution is -2.20. The van der Waals surface area contributed by atoms with E-state index in [0.717, 1.165) is 16.6 Å². The summed E-state index contributed by atoms with van der Waals surface area (Å²) in [5.41, 5.74) is 3.21. The van der Waals surface area contributed by atoms with Crippen LogP contribution in [0.2, 0.25) is 0 Å². The van der Waals surface area contributed by atoms with E-state index in [2.05, 4.69) is 4.74 Å². The Kier molecular flexibility index (Phi) is 12.2. The molecule has 0 amide bonds. The van der Waals surface area contributed by atoms with E-state index in [1.165, 1.54) is 21.3 Å². The van der Waals surface area contributed by atoms with E-state index < -0.39 is 12.3 Å². The lowest BCUT2D eigenvalue weighted by molar-refractivity contribution is 0.0600. The molecular weight excluding hydrogens is 346 g/mol. The highest BCUT2D eigenvalue weighted by Crippen LogP contribution is 2.14. The van der Waals surface area contributed by atoms with E-state index in [1.807, 2.05) is 39.8 Å². The van der Waals surface area contributed by atoms with Gasteiger partial charge in [-0.3, -0.25) is 0 Å². The number of carbonyl (C=O) groups excluding carboxylic acids is 2. The molecule has 0 heterocycles. The number of halogens is 1. The second-order valence-electron chi connectivity index (χ2n) is 5.34. The third kappa shape index (κ3) is 9.59. The minimum absolute atomic E-state index is 0.398. The lowest BCUT2D eigenvalue weighted by atomic mass is 9.70. The van der Waals surface area contributed by atoms with Crippen LogP contribution < -0.4 is 10.2 Å². The van der Waals surface area contributed by atoms with Crippen molar-refractivity contribution >= 4 is 24.9 Å². The molecule has 0 spiro atoms. The van der Waals surface area contributed by atoms with Gasteiger partial charge in [0.15, 0.2) is 0 Å². The van der Waals surface area contributed by atoms with Crippen molar-refractivity contribution in [2.45, 2.75) is 41.0 Å². The summed E-state index contributed by atoms with van der Waals surface area (Å²) in [7, 11) is 2.74. The van der Waals surface area contributed by atoms with Gasteiger partial charge in [0.05, 0.1) is 18.9 Å². The minimum atomic E-state index is -1.24. The summed E-state index contributed by atoms with van der Waals surface area (Å²) in [6.45, 7) is 9.18. The second kappa shape index (κ2) is 13.6. The van der Waals surface area contributed by atoms with Gasteiger partial charge in [-0.15, -0.1) is 0 Å². The average Bonchev–Trinajstić information content (AvgIpc) is 2.65. The maximum absolute atomic E-state index is 12.3. The van der Waals surface area contributed by atoms with Gasteiger partial charge in [-0.25, -0.2) is 9.18 Å². The van der Waals surface area contributed by atoms with Crippen LogP contribution >= 0.6 is 0 Å². The van der Waals surface area contributed by atoms with Gasteiger partial charge in [-0.1, -0.05) is 49.1 Å². The zero-order valence-electron chi connectivity index (χ0n) is 16.8. The first-order chi connectivity index (χ1) is 12.9.